The second-order valence-corrected chi connectivity index (χ2v) is 5.21. The highest BCUT2D eigenvalue weighted by atomic mass is 16.1. The molecule has 92 valence electrons. The van der Waals surface area contributed by atoms with Crippen LogP contribution >= 0.6 is 0 Å². The summed E-state index contributed by atoms with van der Waals surface area (Å²) in [5.41, 5.74) is 0. The van der Waals surface area contributed by atoms with E-state index in [0.717, 1.165) is 32.0 Å². The maximum atomic E-state index is 11.9. The predicted octanol–water partition coefficient (Wildman–Crippen LogP) is 1.82. The zero-order chi connectivity index (χ0) is 11.2. The summed E-state index contributed by atoms with van der Waals surface area (Å²) < 4.78 is 0. The average Bonchev–Trinajstić information content (AvgIpc) is 3.10. The maximum absolute atomic E-state index is 11.9. The molecule has 0 atom stereocenters. The first-order chi connectivity index (χ1) is 7.86. The summed E-state index contributed by atoms with van der Waals surface area (Å²) in [7, 11) is 0. The first-order valence-corrected chi connectivity index (χ1v) is 6.87. The van der Waals surface area contributed by atoms with E-state index in [1.165, 1.54) is 38.5 Å². The Morgan fingerprint density at radius 3 is 2.25 bits per heavy atom. The molecule has 3 heteroatoms. The lowest BCUT2D eigenvalue weighted by atomic mass is 9.99. The Labute approximate surface area is 98.4 Å². The molecule has 0 aromatic rings. The van der Waals surface area contributed by atoms with Crippen LogP contribution in [0.4, 0.5) is 0 Å². The van der Waals surface area contributed by atoms with Crippen molar-refractivity contribution in [3.8, 4) is 0 Å². The fourth-order valence-electron chi connectivity index (χ4n) is 2.44. The van der Waals surface area contributed by atoms with Gasteiger partial charge in [-0.05, 0) is 25.7 Å². The van der Waals surface area contributed by atoms with Gasteiger partial charge in [-0.2, -0.15) is 0 Å². The second kappa shape index (κ2) is 6.24. The molecule has 2 aliphatic carbocycles. The van der Waals surface area contributed by atoms with Gasteiger partial charge in [-0.3, -0.25) is 4.79 Å². The van der Waals surface area contributed by atoms with Gasteiger partial charge in [-0.1, -0.05) is 25.7 Å². The van der Waals surface area contributed by atoms with Crippen LogP contribution in [0.5, 0.6) is 0 Å². The molecule has 2 aliphatic rings. The van der Waals surface area contributed by atoms with Gasteiger partial charge in [0.15, 0.2) is 0 Å². The number of amides is 1. The molecule has 3 nitrogen and oxygen atoms in total. The van der Waals surface area contributed by atoms with Crippen LogP contribution in [0.2, 0.25) is 0 Å². The Morgan fingerprint density at radius 1 is 0.938 bits per heavy atom. The fraction of sp³-hybridized carbons (Fsp3) is 0.923. The summed E-state index contributed by atoms with van der Waals surface area (Å²) in [6.07, 6.45) is 9.92. The van der Waals surface area contributed by atoms with Crippen molar-refractivity contribution in [1.82, 2.24) is 10.6 Å². The molecule has 16 heavy (non-hydrogen) atoms. The second-order valence-electron chi connectivity index (χ2n) is 5.21. The van der Waals surface area contributed by atoms with Gasteiger partial charge < -0.3 is 10.6 Å². The summed E-state index contributed by atoms with van der Waals surface area (Å²) in [4.78, 5) is 11.9. The minimum absolute atomic E-state index is 0.291. The highest BCUT2D eigenvalue weighted by molar-refractivity contribution is 5.78. The third kappa shape index (κ3) is 4.12. The Bertz CT molecular complexity index is 218. The highest BCUT2D eigenvalue weighted by Crippen LogP contribution is 2.22. The normalized spacial score (nSPS) is 22.8. The van der Waals surface area contributed by atoms with Crippen molar-refractivity contribution in [1.29, 1.82) is 0 Å². The largest absolute Gasteiger partial charge is 0.355 e. The standard InChI is InChI=1S/C13H24N2O/c16-13(11-5-3-1-2-4-6-11)15-10-9-14-12-7-8-12/h11-12,14H,1-10H2,(H,15,16). The molecular formula is C13H24N2O. The van der Waals surface area contributed by atoms with Crippen LogP contribution < -0.4 is 10.6 Å². The summed E-state index contributed by atoms with van der Waals surface area (Å²) in [5, 5.41) is 6.47. The molecule has 0 unspecified atom stereocenters. The van der Waals surface area contributed by atoms with Crippen molar-refractivity contribution in [3.05, 3.63) is 0 Å². The molecule has 2 saturated carbocycles. The molecule has 2 fully saturated rings. The minimum Gasteiger partial charge on any atom is -0.355 e. The van der Waals surface area contributed by atoms with Gasteiger partial charge in [0.05, 0.1) is 0 Å². The van der Waals surface area contributed by atoms with E-state index in [1.807, 2.05) is 0 Å². The lowest BCUT2D eigenvalue weighted by molar-refractivity contribution is -0.125. The number of carbonyl (C=O) groups is 1. The van der Waals surface area contributed by atoms with Crippen LogP contribution in [0, 0.1) is 5.92 Å². The number of carbonyl (C=O) groups excluding carboxylic acids is 1. The van der Waals surface area contributed by atoms with E-state index in [4.69, 9.17) is 0 Å². The smallest absolute Gasteiger partial charge is 0.223 e. The van der Waals surface area contributed by atoms with Gasteiger partial charge in [-0.25, -0.2) is 0 Å². The van der Waals surface area contributed by atoms with E-state index in [0.29, 0.717) is 11.8 Å². The first kappa shape index (κ1) is 11.9. The Hall–Kier alpha value is -0.570. The number of hydrogen-bond donors (Lipinski definition) is 2. The highest BCUT2D eigenvalue weighted by Gasteiger charge is 2.21. The first-order valence-electron chi connectivity index (χ1n) is 6.87. The van der Waals surface area contributed by atoms with Gasteiger partial charge in [0, 0.05) is 25.0 Å². The van der Waals surface area contributed by atoms with Crippen LogP contribution in [0.1, 0.15) is 51.4 Å². The molecule has 2 rings (SSSR count). The quantitative estimate of drug-likeness (QED) is 0.552. The minimum atomic E-state index is 0.291. The van der Waals surface area contributed by atoms with Crippen molar-refractivity contribution in [2.75, 3.05) is 13.1 Å². The van der Waals surface area contributed by atoms with E-state index >= 15 is 0 Å². The molecule has 0 spiro atoms. The number of nitrogens with one attached hydrogen (secondary N) is 2. The topological polar surface area (TPSA) is 41.1 Å². The lowest BCUT2D eigenvalue weighted by Gasteiger charge is -2.14. The SMILES string of the molecule is O=C(NCCNC1CC1)C1CCCCCC1. The zero-order valence-corrected chi connectivity index (χ0v) is 10.1. The molecule has 0 radical (unpaired) electrons. The summed E-state index contributed by atoms with van der Waals surface area (Å²) in [5.74, 6) is 0.586. The summed E-state index contributed by atoms with van der Waals surface area (Å²) >= 11 is 0. The number of hydrogen-bond acceptors (Lipinski definition) is 2. The molecule has 0 aromatic carbocycles. The van der Waals surface area contributed by atoms with Crippen LogP contribution in [-0.4, -0.2) is 25.0 Å². The van der Waals surface area contributed by atoms with E-state index in [2.05, 4.69) is 10.6 Å². The Morgan fingerprint density at radius 2 is 1.62 bits per heavy atom. The van der Waals surface area contributed by atoms with E-state index in [1.54, 1.807) is 0 Å². The molecule has 0 saturated heterocycles. The van der Waals surface area contributed by atoms with Crippen molar-refractivity contribution in [2.45, 2.75) is 57.4 Å². The van der Waals surface area contributed by atoms with Crippen LogP contribution in [0.15, 0.2) is 0 Å². The van der Waals surface area contributed by atoms with Gasteiger partial charge >= 0.3 is 0 Å². The molecule has 0 aromatic heterocycles. The molecule has 1 amide bonds. The van der Waals surface area contributed by atoms with Gasteiger partial charge in [0.25, 0.3) is 0 Å². The van der Waals surface area contributed by atoms with Crippen molar-refractivity contribution in [2.24, 2.45) is 5.92 Å². The van der Waals surface area contributed by atoms with Crippen molar-refractivity contribution < 1.29 is 4.79 Å². The van der Waals surface area contributed by atoms with Gasteiger partial charge in [0.2, 0.25) is 5.91 Å². The van der Waals surface area contributed by atoms with E-state index < -0.39 is 0 Å². The van der Waals surface area contributed by atoms with Crippen LogP contribution in [0.25, 0.3) is 0 Å². The third-order valence-corrected chi connectivity index (χ3v) is 3.66. The van der Waals surface area contributed by atoms with Gasteiger partial charge in [0.1, 0.15) is 0 Å². The van der Waals surface area contributed by atoms with Crippen LogP contribution in [-0.2, 0) is 4.79 Å². The maximum Gasteiger partial charge on any atom is 0.223 e. The summed E-state index contributed by atoms with van der Waals surface area (Å²) in [6, 6.07) is 0.745. The van der Waals surface area contributed by atoms with Crippen molar-refractivity contribution in [3.63, 3.8) is 0 Å². The molecule has 0 heterocycles. The van der Waals surface area contributed by atoms with Crippen molar-refractivity contribution >= 4 is 5.91 Å². The fourth-order valence-corrected chi connectivity index (χ4v) is 2.44. The predicted molar refractivity (Wildman–Crippen MR) is 65.2 cm³/mol. The molecular weight excluding hydrogens is 200 g/mol. The molecule has 0 aliphatic heterocycles. The average molecular weight is 224 g/mol. The monoisotopic (exact) mass is 224 g/mol. The van der Waals surface area contributed by atoms with Crippen LogP contribution in [0.3, 0.4) is 0 Å². The number of rotatable bonds is 5. The van der Waals surface area contributed by atoms with E-state index in [9.17, 15) is 4.79 Å². The molecule has 2 N–H and O–H groups in total. The third-order valence-electron chi connectivity index (χ3n) is 3.66. The molecule has 0 bridgehead atoms. The zero-order valence-electron chi connectivity index (χ0n) is 10.1. The Balaban J connectivity index is 1.57. The van der Waals surface area contributed by atoms with E-state index in [-0.39, 0.29) is 0 Å². The lowest BCUT2D eigenvalue weighted by Crippen LogP contribution is -2.36. The van der Waals surface area contributed by atoms with Gasteiger partial charge in [-0.15, -0.1) is 0 Å². The Kier molecular flexibility index (Phi) is 4.64. The summed E-state index contributed by atoms with van der Waals surface area (Å²) in [6.45, 7) is 1.73.